The van der Waals surface area contributed by atoms with Crippen LogP contribution in [0.2, 0.25) is 0 Å². The van der Waals surface area contributed by atoms with Gasteiger partial charge in [0.05, 0.1) is 18.6 Å². The molecule has 0 aliphatic heterocycles. The van der Waals surface area contributed by atoms with Crippen molar-refractivity contribution in [1.82, 2.24) is 0 Å². The van der Waals surface area contributed by atoms with Gasteiger partial charge in [0.2, 0.25) is 15.3 Å². The van der Waals surface area contributed by atoms with Crippen LogP contribution in [0.15, 0.2) is 24.3 Å². The van der Waals surface area contributed by atoms with Gasteiger partial charge in [-0.1, -0.05) is 6.92 Å². The summed E-state index contributed by atoms with van der Waals surface area (Å²) in [6.07, 6.45) is 1.91. The van der Waals surface area contributed by atoms with E-state index in [1.165, 1.54) is 0 Å². The van der Waals surface area contributed by atoms with Crippen molar-refractivity contribution < 1.29 is 17.9 Å². The highest BCUT2D eigenvalue weighted by Gasteiger charge is 2.19. The summed E-state index contributed by atoms with van der Waals surface area (Å²) in [7, 11) is -3.56. The maximum atomic E-state index is 11.6. The van der Waals surface area contributed by atoms with E-state index in [2.05, 4.69) is 0 Å². The molecule has 0 atom stereocenters. The van der Waals surface area contributed by atoms with Gasteiger partial charge in [-0.15, -0.1) is 0 Å². The maximum absolute atomic E-state index is 11.6. The molecule has 106 valence electrons. The lowest BCUT2D eigenvalue weighted by Gasteiger charge is -2.20. The Kier molecular flexibility index (Phi) is 5.62. The highest BCUT2D eigenvalue weighted by Crippen LogP contribution is 2.21. The van der Waals surface area contributed by atoms with E-state index in [-0.39, 0.29) is 0 Å². The number of ether oxygens (including phenoxy) is 1. The normalized spacial score (nSPS) is 11.1. The molecule has 0 bridgehead atoms. The average molecular weight is 306 g/mol. The Labute approximate surface area is 118 Å². The summed E-state index contributed by atoms with van der Waals surface area (Å²) in [6, 6.07) is 6.46. The van der Waals surface area contributed by atoms with E-state index in [1.807, 2.05) is 6.92 Å². The first-order valence-corrected chi connectivity index (χ1v) is 7.96. The first-order chi connectivity index (χ1) is 8.84. The summed E-state index contributed by atoms with van der Waals surface area (Å²) < 4.78 is 29.6. The molecular formula is C12H16ClNO4S. The third-order valence-electron chi connectivity index (χ3n) is 2.27. The van der Waals surface area contributed by atoms with Crippen LogP contribution in [0.1, 0.15) is 13.3 Å². The Bertz CT molecular complexity index is 527. The Hall–Kier alpha value is -1.27. The molecule has 19 heavy (non-hydrogen) atoms. The minimum atomic E-state index is -3.56. The topological polar surface area (TPSA) is 63.7 Å². The molecule has 1 rings (SSSR count). The lowest BCUT2D eigenvalue weighted by Crippen LogP contribution is -2.33. The lowest BCUT2D eigenvalue weighted by molar-refractivity contribution is -0.110. The third kappa shape index (κ3) is 5.08. The lowest BCUT2D eigenvalue weighted by atomic mass is 10.3. The third-order valence-corrected chi connectivity index (χ3v) is 3.53. The summed E-state index contributed by atoms with van der Waals surface area (Å²) >= 11 is 5.26. The quantitative estimate of drug-likeness (QED) is 0.723. The standard InChI is InChI=1S/C12H16ClNO4S/c1-3-8-18-11-6-4-10(5-7-11)14(9-12(13)15)19(2,16)17/h4-7H,3,8-9H2,1-2H3. The van der Waals surface area contributed by atoms with E-state index in [4.69, 9.17) is 16.3 Å². The van der Waals surface area contributed by atoms with Crippen LogP contribution in [-0.4, -0.2) is 33.1 Å². The largest absolute Gasteiger partial charge is 0.494 e. The van der Waals surface area contributed by atoms with Crippen molar-refractivity contribution in [1.29, 1.82) is 0 Å². The van der Waals surface area contributed by atoms with Crippen LogP contribution in [0.5, 0.6) is 5.75 Å². The molecule has 1 aromatic rings. The summed E-state index contributed by atoms with van der Waals surface area (Å²) in [4.78, 5) is 10.9. The summed E-state index contributed by atoms with van der Waals surface area (Å²) in [6.45, 7) is 2.19. The minimum Gasteiger partial charge on any atom is -0.494 e. The maximum Gasteiger partial charge on any atom is 0.242 e. The zero-order valence-electron chi connectivity index (χ0n) is 10.8. The van der Waals surface area contributed by atoms with Crippen molar-refractivity contribution in [2.75, 3.05) is 23.7 Å². The number of anilines is 1. The van der Waals surface area contributed by atoms with Crippen molar-refractivity contribution >= 4 is 32.6 Å². The zero-order chi connectivity index (χ0) is 14.5. The molecule has 0 unspecified atom stereocenters. The van der Waals surface area contributed by atoms with E-state index in [1.54, 1.807) is 24.3 Å². The van der Waals surface area contributed by atoms with Crippen LogP contribution < -0.4 is 9.04 Å². The van der Waals surface area contributed by atoms with E-state index in [0.29, 0.717) is 18.0 Å². The summed E-state index contributed by atoms with van der Waals surface area (Å²) in [5.41, 5.74) is 0.375. The fourth-order valence-electron chi connectivity index (χ4n) is 1.44. The number of hydrogen-bond donors (Lipinski definition) is 0. The second kappa shape index (κ2) is 6.77. The van der Waals surface area contributed by atoms with Gasteiger partial charge in [-0.25, -0.2) is 8.42 Å². The number of hydrogen-bond acceptors (Lipinski definition) is 4. The molecule has 7 heteroatoms. The SMILES string of the molecule is CCCOc1ccc(N(CC(=O)Cl)S(C)(=O)=O)cc1. The fourth-order valence-corrected chi connectivity index (χ4v) is 2.49. The second-order valence-electron chi connectivity index (χ2n) is 3.97. The van der Waals surface area contributed by atoms with Gasteiger partial charge in [-0.3, -0.25) is 9.10 Å². The number of carbonyl (C=O) groups excluding carboxylic acids is 1. The molecule has 0 fully saturated rings. The van der Waals surface area contributed by atoms with Crippen molar-refractivity contribution in [2.45, 2.75) is 13.3 Å². The van der Waals surface area contributed by atoms with Crippen molar-refractivity contribution in [3.05, 3.63) is 24.3 Å². The molecular weight excluding hydrogens is 290 g/mol. The predicted octanol–water partition coefficient (Wildman–Crippen LogP) is 2.01. The fraction of sp³-hybridized carbons (Fsp3) is 0.417. The molecule has 0 aliphatic carbocycles. The van der Waals surface area contributed by atoms with E-state index in [0.717, 1.165) is 17.0 Å². The molecule has 0 saturated heterocycles. The van der Waals surface area contributed by atoms with E-state index >= 15 is 0 Å². The molecule has 0 amide bonds. The van der Waals surface area contributed by atoms with Crippen LogP contribution in [0, 0.1) is 0 Å². The molecule has 5 nitrogen and oxygen atoms in total. The highest BCUT2D eigenvalue weighted by molar-refractivity contribution is 7.92. The predicted molar refractivity (Wildman–Crippen MR) is 75.3 cm³/mol. The number of sulfonamides is 1. The average Bonchev–Trinajstić information content (AvgIpc) is 2.33. The van der Waals surface area contributed by atoms with Crippen molar-refractivity contribution in [3.63, 3.8) is 0 Å². The number of nitrogens with zero attached hydrogens (tertiary/aromatic N) is 1. The molecule has 0 radical (unpaired) electrons. The number of rotatable bonds is 7. The second-order valence-corrected chi connectivity index (χ2v) is 6.30. The Morgan fingerprint density at radius 2 is 1.89 bits per heavy atom. The highest BCUT2D eigenvalue weighted by atomic mass is 35.5. The molecule has 1 aromatic carbocycles. The molecule has 0 aromatic heterocycles. The molecule has 0 N–H and O–H groups in total. The van der Waals surface area contributed by atoms with Crippen LogP contribution in [-0.2, 0) is 14.8 Å². The summed E-state index contributed by atoms with van der Waals surface area (Å²) in [5, 5.41) is -0.739. The Balaban J connectivity index is 2.94. The van der Waals surface area contributed by atoms with Gasteiger partial charge in [0.15, 0.2) is 0 Å². The molecule has 0 saturated carbocycles. The van der Waals surface area contributed by atoms with Crippen molar-refractivity contribution in [3.8, 4) is 5.75 Å². The van der Waals surface area contributed by atoms with Gasteiger partial charge in [-0.05, 0) is 42.3 Å². The van der Waals surface area contributed by atoms with Gasteiger partial charge in [-0.2, -0.15) is 0 Å². The van der Waals surface area contributed by atoms with E-state index < -0.39 is 21.8 Å². The first-order valence-electron chi connectivity index (χ1n) is 5.73. The smallest absolute Gasteiger partial charge is 0.242 e. The van der Waals surface area contributed by atoms with Crippen molar-refractivity contribution in [2.24, 2.45) is 0 Å². The van der Waals surface area contributed by atoms with Crippen LogP contribution in [0.3, 0.4) is 0 Å². The summed E-state index contributed by atoms with van der Waals surface area (Å²) in [5.74, 6) is 0.649. The molecule has 0 heterocycles. The minimum absolute atomic E-state index is 0.375. The van der Waals surface area contributed by atoms with Gasteiger partial charge in [0, 0.05) is 0 Å². The van der Waals surface area contributed by atoms with Crippen LogP contribution in [0.25, 0.3) is 0 Å². The van der Waals surface area contributed by atoms with Gasteiger partial charge < -0.3 is 4.74 Å². The van der Waals surface area contributed by atoms with E-state index in [9.17, 15) is 13.2 Å². The van der Waals surface area contributed by atoms with Gasteiger partial charge >= 0.3 is 0 Å². The van der Waals surface area contributed by atoms with Crippen LogP contribution >= 0.6 is 11.6 Å². The Morgan fingerprint density at radius 1 is 1.32 bits per heavy atom. The molecule has 0 spiro atoms. The number of benzene rings is 1. The Morgan fingerprint density at radius 3 is 2.32 bits per heavy atom. The molecule has 0 aliphatic rings. The number of halogens is 1. The van der Waals surface area contributed by atoms with Gasteiger partial charge in [0.1, 0.15) is 12.3 Å². The monoisotopic (exact) mass is 305 g/mol. The van der Waals surface area contributed by atoms with Crippen LogP contribution in [0.4, 0.5) is 5.69 Å². The zero-order valence-corrected chi connectivity index (χ0v) is 12.4. The number of carbonyl (C=O) groups is 1. The van der Waals surface area contributed by atoms with Gasteiger partial charge in [0.25, 0.3) is 0 Å². The first kappa shape index (κ1) is 15.8.